The normalized spacial score (nSPS) is 11.3. The molecule has 0 amide bonds. The number of rotatable bonds is 2. The van der Waals surface area contributed by atoms with Crippen molar-refractivity contribution in [3.05, 3.63) is 53.3 Å². The minimum absolute atomic E-state index is 0.148. The zero-order valence-electron chi connectivity index (χ0n) is 13.1. The molecular formula is C17H15FN4OS. The van der Waals surface area contributed by atoms with Crippen molar-refractivity contribution in [2.75, 3.05) is 5.32 Å². The van der Waals surface area contributed by atoms with Crippen LogP contribution in [-0.2, 0) is 0 Å². The molecule has 0 bridgehead atoms. The van der Waals surface area contributed by atoms with Gasteiger partial charge >= 0.3 is 0 Å². The Morgan fingerprint density at radius 1 is 1.21 bits per heavy atom. The molecule has 0 atom stereocenters. The zero-order valence-corrected chi connectivity index (χ0v) is 13.9. The van der Waals surface area contributed by atoms with Crippen molar-refractivity contribution in [3.63, 3.8) is 0 Å². The van der Waals surface area contributed by atoms with E-state index in [2.05, 4.69) is 20.5 Å². The van der Waals surface area contributed by atoms with Gasteiger partial charge < -0.3 is 15.4 Å². The predicted molar refractivity (Wildman–Crippen MR) is 96.6 cm³/mol. The fraction of sp³-hybridized carbons (Fsp3) is 0.118. The second-order valence-corrected chi connectivity index (χ2v) is 5.80. The Morgan fingerprint density at radius 2 is 1.92 bits per heavy atom. The van der Waals surface area contributed by atoms with Crippen molar-refractivity contribution < 1.29 is 9.50 Å². The van der Waals surface area contributed by atoms with Crippen molar-refractivity contribution in [2.24, 2.45) is 10.2 Å². The molecule has 0 unspecified atom stereocenters. The lowest BCUT2D eigenvalue weighted by Crippen LogP contribution is -2.07. The van der Waals surface area contributed by atoms with Gasteiger partial charge in [-0.2, -0.15) is 0 Å². The highest BCUT2D eigenvalue weighted by molar-refractivity contribution is 7.80. The van der Waals surface area contributed by atoms with E-state index in [0.717, 1.165) is 16.8 Å². The highest BCUT2D eigenvalue weighted by atomic mass is 32.1. The molecule has 122 valence electrons. The molecule has 2 aromatic carbocycles. The van der Waals surface area contributed by atoms with Crippen molar-refractivity contribution in [2.45, 2.75) is 13.8 Å². The average molecular weight is 342 g/mol. The lowest BCUT2D eigenvalue weighted by molar-refractivity contribution is 0.459. The molecule has 0 aliphatic rings. The van der Waals surface area contributed by atoms with Crippen LogP contribution in [0.5, 0.6) is 5.88 Å². The summed E-state index contributed by atoms with van der Waals surface area (Å²) in [6.45, 7) is 3.92. The lowest BCUT2D eigenvalue weighted by atomic mass is 10.1. The number of benzene rings is 2. The molecule has 0 aliphatic heterocycles. The summed E-state index contributed by atoms with van der Waals surface area (Å²) >= 11 is 5.18. The third-order valence-corrected chi connectivity index (χ3v) is 3.85. The van der Waals surface area contributed by atoms with E-state index >= 15 is 0 Å². The van der Waals surface area contributed by atoms with Gasteiger partial charge in [-0.05, 0) is 55.4 Å². The lowest BCUT2D eigenvalue weighted by Gasteiger charge is -2.10. The summed E-state index contributed by atoms with van der Waals surface area (Å²) in [5, 5.41) is 21.4. The molecule has 0 radical (unpaired) electrons. The fourth-order valence-electron chi connectivity index (χ4n) is 2.48. The highest BCUT2D eigenvalue weighted by Crippen LogP contribution is 2.35. The van der Waals surface area contributed by atoms with Gasteiger partial charge in [0.15, 0.2) is 5.69 Å². The average Bonchev–Trinajstić information content (AvgIpc) is 2.84. The van der Waals surface area contributed by atoms with Gasteiger partial charge in [0.1, 0.15) is 5.82 Å². The molecule has 3 rings (SSSR count). The first kappa shape index (κ1) is 16.1. The van der Waals surface area contributed by atoms with Gasteiger partial charge in [-0.25, -0.2) is 4.39 Å². The van der Waals surface area contributed by atoms with E-state index in [4.69, 9.17) is 12.2 Å². The van der Waals surface area contributed by atoms with Crippen LogP contribution in [0.2, 0.25) is 0 Å². The Bertz CT molecular complexity index is 944. The first-order valence-electron chi connectivity index (χ1n) is 7.25. The summed E-state index contributed by atoms with van der Waals surface area (Å²) in [5.41, 5.74) is 3.65. The topological polar surface area (TPSA) is 72.8 Å². The van der Waals surface area contributed by atoms with E-state index < -0.39 is 5.82 Å². The quantitative estimate of drug-likeness (QED) is 0.447. The van der Waals surface area contributed by atoms with Crippen LogP contribution in [0.25, 0.3) is 10.9 Å². The molecule has 1 heterocycles. The molecule has 5 nitrogen and oxygen atoms in total. The second kappa shape index (κ2) is 6.37. The number of azo groups is 1. The Labute approximate surface area is 143 Å². The van der Waals surface area contributed by atoms with Gasteiger partial charge in [-0.1, -0.05) is 18.2 Å². The third kappa shape index (κ3) is 3.11. The zero-order chi connectivity index (χ0) is 17.3. The van der Waals surface area contributed by atoms with E-state index in [1.807, 2.05) is 32.0 Å². The summed E-state index contributed by atoms with van der Waals surface area (Å²) in [5.74, 6) is -0.608. The minimum Gasteiger partial charge on any atom is -0.493 e. The summed E-state index contributed by atoms with van der Waals surface area (Å²) in [7, 11) is 0. The second-order valence-electron chi connectivity index (χ2n) is 5.41. The van der Waals surface area contributed by atoms with Crippen LogP contribution in [0.4, 0.5) is 15.8 Å². The number of anilines is 1. The molecule has 24 heavy (non-hydrogen) atoms. The van der Waals surface area contributed by atoms with Crippen molar-refractivity contribution in [1.82, 2.24) is 4.98 Å². The third-order valence-electron chi connectivity index (χ3n) is 3.67. The number of nitrogens with zero attached hydrogens (tertiary/aromatic N) is 2. The molecule has 0 saturated heterocycles. The van der Waals surface area contributed by atoms with Crippen LogP contribution in [0.1, 0.15) is 11.1 Å². The molecule has 0 spiro atoms. The number of aromatic amines is 1. The van der Waals surface area contributed by atoms with Gasteiger partial charge in [0.2, 0.25) is 11.0 Å². The van der Waals surface area contributed by atoms with E-state index in [9.17, 15) is 9.50 Å². The maximum atomic E-state index is 13.4. The SMILES string of the molecule is Cc1cccc(C)c1NC(=S)N=Nc1c(O)[nH]c2ccc(F)cc12. The Kier molecular flexibility index (Phi) is 4.26. The molecule has 3 N–H and O–H groups in total. The number of aromatic hydroxyl groups is 1. The highest BCUT2D eigenvalue weighted by Gasteiger charge is 2.11. The molecule has 0 fully saturated rings. The van der Waals surface area contributed by atoms with Crippen LogP contribution in [-0.4, -0.2) is 15.2 Å². The van der Waals surface area contributed by atoms with Crippen LogP contribution >= 0.6 is 12.2 Å². The maximum Gasteiger partial charge on any atom is 0.218 e. The standard InChI is InChI=1S/C17H15FN4OS/c1-9-4-3-5-10(2)14(9)20-17(24)22-21-15-12-8-11(18)6-7-13(12)19-16(15)23/h3-8,19,23H,1-2H3,(H,20,24). The fourth-order valence-corrected chi connectivity index (χ4v) is 2.62. The van der Waals surface area contributed by atoms with Gasteiger partial charge in [0.25, 0.3) is 0 Å². The monoisotopic (exact) mass is 342 g/mol. The summed E-state index contributed by atoms with van der Waals surface area (Å²) in [6.07, 6.45) is 0. The number of hydrogen-bond acceptors (Lipinski definition) is 3. The van der Waals surface area contributed by atoms with Gasteiger partial charge in [-0.3, -0.25) is 0 Å². The molecule has 0 aliphatic carbocycles. The number of H-pyrrole nitrogens is 1. The predicted octanol–water partition coefficient (Wildman–Crippen LogP) is 5.11. The molecule has 3 aromatic rings. The van der Waals surface area contributed by atoms with E-state index in [1.54, 1.807) is 0 Å². The van der Waals surface area contributed by atoms with E-state index in [1.165, 1.54) is 18.2 Å². The van der Waals surface area contributed by atoms with Crippen molar-refractivity contribution in [3.8, 4) is 5.88 Å². The molecular weight excluding hydrogens is 327 g/mol. The number of hydrogen-bond donors (Lipinski definition) is 3. The number of para-hydroxylation sites is 1. The first-order chi connectivity index (χ1) is 11.5. The molecule has 0 saturated carbocycles. The van der Waals surface area contributed by atoms with Crippen molar-refractivity contribution >= 4 is 39.6 Å². The molecule has 1 aromatic heterocycles. The first-order valence-corrected chi connectivity index (χ1v) is 7.65. The van der Waals surface area contributed by atoms with Crippen molar-refractivity contribution in [1.29, 1.82) is 0 Å². The van der Waals surface area contributed by atoms with Crippen LogP contribution < -0.4 is 5.32 Å². The summed E-state index contributed by atoms with van der Waals surface area (Å²) < 4.78 is 13.4. The molecule has 7 heteroatoms. The number of nitrogens with one attached hydrogen (secondary N) is 2. The van der Waals surface area contributed by atoms with Gasteiger partial charge in [0, 0.05) is 11.1 Å². The number of thiocarbonyl (C=S) groups is 1. The van der Waals surface area contributed by atoms with E-state index in [-0.39, 0.29) is 16.7 Å². The Balaban J connectivity index is 1.87. The Hall–Kier alpha value is -2.80. The smallest absolute Gasteiger partial charge is 0.218 e. The van der Waals surface area contributed by atoms with E-state index in [0.29, 0.717) is 10.9 Å². The van der Waals surface area contributed by atoms with Crippen LogP contribution in [0.3, 0.4) is 0 Å². The minimum atomic E-state index is -0.422. The number of fused-ring (bicyclic) bond motifs is 1. The van der Waals surface area contributed by atoms with Crippen LogP contribution in [0, 0.1) is 19.7 Å². The number of halogens is 1. The summed E-state index contributed by atoms with van der Waals surface area (Å²) in [4.78, 5) is 2.72. The van der Waals surface area contributed by atoms with Gasteiger partial charge in [-0.15, -0.1) is 10.2 Å². The maximum absolute atomic E-state index is 13.4. The number of aryl methyl sites for hydroxylation is 2. The number of aromatic nitrogens is 1. The summed E-state index contributed by atoms with van der Waals surface area (Å²) in [6, 6.07) is 9.98. The Morgan fingerprint density at radius 3 is 2.62 bits per heavy atom. The van der Waals surface area contributed by atoms with Crippen LogP contribution in [0.15, 0.2) is 46.6 Å². The van der Waals surface area contributed by atoms with Gasteiger partial charge in [0.05, 0.1) is 5.52 Å². The largest absolute Gasteiger partial charge is 0.493 e.